The van der Waals surface area contributed by atoms with Crippen LogP contribution in [0.25, 0.3) is 0 Å². The van der Waals surface area contributed by atoms with Crippen LogP contribution in [-0.2, 0) is 19.1 Å². The molecule has 146 valence electrons. The van der Waals surface area contributed by atoms with Crippen molar-refractivity contribution in [2.45, 2.75) is 24.9 Å². The molecule has 2 amide bonds. The topological polar surface area (TPSA) is 80.3 Å². The van der Waals surface area contributed by atoms with Crippen LogP contribution in [0.3, 0.4) is 0 Å². The number of fused-ring (bicyclic) bond motifs is 1. The van der Waals surface area contributed by atoms with E-state index in [-0.39, 0.29) is 24.2 Å². The summed E-state index contributed by atoms with van der Waals surface area (Å²) in [6.07, 6.45) is 2.34. The largest absolute Gasteiger partial charge is 0.464 e. The molecule has 4 atom stereocenters. The fraction of sp³-hybridized carbons (Fsp3) is 0.526. The van der Waals surface area contributed by atoms with Gasteiger partial charge in [-0.3, -0.25) is 14.5 Å². The number of nitrogens with zero attached hydrogens (tertiary/aromatic N) is 1. The van der Waals surface area contributed by atoms with E-state index >= 15 is 0 Å². The molecule has 0 spiro atoms. The SMILES string of the molecule is CCN1C(=O)[C@@H]2[C@@H](C1=O)[C@](CCSC)(C(=O)OC)[NH2+][C@H]2c1ccc(F)cc1. The monoisotopic (exact) mass is 395 g/mol. The van der Waals surface area contributed by atoms with Gasteiger partial charge >= 0.3 is 5.97 Å². The molecule has 2 aliphatic rings. The number of imide groups is 1. The second kappa shape index (κ2) is 7.59. The summed E-state index contributed by atoms with van der Waals surface area (Å²) < 4.78 is 18.5. The van der Waals surface area contributed by atoms with Gasteiger partial charge in [0, 0.05) is 18.5 Å². The van der Waals surface area contributed by atoms with Gasteiger partial charge in [0.05, 0.1) is 7.11 Å². The third-order valence-corrected chi connectivity index (χ3v) is 6.33. The number of methoxy groups -OCH3 is 1. The molecule has 2 heterocycles. The molecule has 0 aromatic heterocycles. The first-order chi connectivity index (χ1) is 12.9. The van der Waals surface area contributed by atoms with Gasteiger partial charge in [-0.15, -0.1) is 0 Å². The van der Waals surface area contributed by atoms with E-state index in [1.807, 2.05) is 6.26 Å². The molecule has 0 saturated carbocycles. The fourth-order valence-corrected chi connectivity index (χ4v) is 5.02. The summed E-state index contributed by atoms with van der Waals surface area (Å²) in [5.41, 5.74) is -0.432. The van der Waals surface area contributed by atoms with Crippen molar-refractivity contribution in [1.82, 2.24) is 4.90 Å². The Hall–Kier alpha value is -1.93. The lowest BCUT2D eigenvalue weighted by Crippen LogP contribution is -2.98. The smallest absolute Gasteiger partial charge is 0.368 e. The molecule has 0 radical (unpaired) electrons. The number of halogens is 1. The summed E-state index contributed by atoms with van der Waals surface area (Å²) in [6, 6.07) is 5.45. The Morgan fingerprint density at radius 2 is 1.96 bits per heavy atom. The third kappa shape index (κ3) is 3.04. The van der Waals surface area contributed by atoms with E-state index < -0.39 is 29.4 Å². The van der Waals surface area contributed by atoms with Crippen LogP contribution in [0.2, 0.25) is 0 Å². The van der Waals surface area contributed by atoms with E-state index in [4.69, 9.17) is 4.74 Å². The molecule has 0 bridgehead atoms. The summed E-state index contributed by atoms with van der Waals surface area (Å²) in [7, 11) is 1.30. The molecule has 1 aromatic rings. The zero-order valence-corrected chi connectivity index (χ0v) is 16.4. The summed E-state index contributed by atoms with van der Waals surface area (Å²) in [5.74, 6) is -2.25. The van der Waals surface area contributed by atoms with Crippen molar-refractivity contribution in [3.63, 3.8) is 0 Å². The predicted octanol–water partition coefficient (Wildman–Crippen LogP) is 0.730. The quantitative estimate of drug-likeness (QED) is 0.567. The van der Waals surface area contributed by atoms with Crippen molar-refractivity contribution in [2.75, 3.05) is 25.7 Å². The number of hydrogen-bond acceptors (Lipinski definition) is 5. The maximum Gasteiger partial charge on any atom is 0.368 e. The first-order valence-electron chi connectivity index (χ1n) is 8.95. The van der Waals surface area contributed by atoms with Gasteiger partial charge in [0.1, 0.15) is 23.7 Å². The molecule has 27 heavy (non-hydrogen) atoms. The Labute approximate surface area is 161 Å². The Balaban J connectivity index is 2.12. The third-order valence-electron chi connectivity index (χ3n) is 5.72. The molecule has 2 saturated heterocycles. The van der Waals surface area contributed by atoms with Crippen molar-refractivity contribution >= 4 is 29.5 Å². The summed E-state index contributed by atoms with van der Waals surface area (Å²) in [4.78, 5) is 40.2. The molecule has 2 aliphatic heterocycles. The van der Waals surface area contributed by atoms with E-state index in [1.54, 1.807) is 36.1 Å². The molecule has 2 N–H and O–H groups in total. The minimum Gasteiger partial charge on any atom is -0.464 e. The van der Waals surface area contributed by atoms with Crippen molar-refractivity contribution in [2.24, 2.45) is 11.8 Å². The molecule has 2 fully saturated rings. The van der Waals surface area contributed by atoms with Gasteiger partial charge in [-0.1, -0.05) is 12.1 Å². The highest BCUT2D eigenvalue weighted by Gasteiger charge is 2.71. The molecule has 6 nitrogen and oxygen atoms in total. The Bertz CT molecular complexity index is 757. The fourth-order valence-electron chi connectivity index (χ4n) is 4.48. The van der Waals surface area contributed by atoms with Crippen LogP contribution in [0.5, 0.6) is 0 Å². The molecule has 8 heteroatoms. The first kappa shape index (κ1) is 19.8. The number of benzene rings is 1. The van der Waals surface area contributed by atoms with Gasteiger partial charge in [0.25, 0.3) is 0 Å². The van der Waals surface area contributed by atoms with Crippen LogP contribution in [0.4, 0.5) is 4.39 Å². The number of carbonyl (C=O) groups excluding carboxylic acids is 3. The van der Waals surface area contributed by atoms with Crippen LogP contribution in [-0.4, -0.2) is 53.9 Å². The lowest BCUT2D eigenvalue weighted by molar-refractivity contribution is -0.734. The molecular weight excluding hydrogens is 371 g/mol. The molecule has 1 aromatic carbocycles. The zero-order valence-electron chi connectivity index (χ0n) is 15.6. The van der Waals surface area contributed by atoms with Crippen molar-refractivity contribution < 1.29 is 28.8 Å². The Kier molecular flexibility index (Phi) is 5.58. The molecule has 3 rings (SSSR count). The number of likely N-dealkylation sites (tertiary alicyclic amines) is 1. The minimum absolute atomic E-state index is 0.264. The Morgan fingerprint density at radius 1 is 1.30 bits per heavy atom. The van der Waals surface area contributed by atoms with E-state index in [1.165, 1.54) is 24.1 Å². The maximum absolute atomic E-state index is 13.4. The van der Waals surface area contributed by atoms with Gasteiger partial charge in [-0.25, -0.2) is 9.18 Å². The number of esters is 1. The summed E-state index contributed by atoms with van der Waals surface area (Å²) in [6.45, 7) is 2.01. The van der Waals surface area contributed by atoms with Crippen LogP contribution < -0.4 is 5.32 Å². The molecule has 0 aliphatic carbocycles. The predicted molar refractivity (Wildman–Crippen MR) is 98.2 cm³/mol. The second-order valence-corrected chi connectivity index (χ2v) is 7.93. The Morgan fingerprint density at radius 3 is 2.52 bits per heavy atom. The van der Waals surface area contributed by atoms with Crippen LogP contribution >= 0.6 is 11.8 Å². The van der Waals surface area contributed by atoms with Gasteiger partial charge in [0.2, 0.25) is 17.4 Å². The summed E-state index contributed by atoms with van der Waals surface area (Å²) in [5, 5.41) is 1.81. The maximum atomic E-state index is 13.4. The standard InChI is InChI=1S/C19H23FN2O4S/c1-4-22-16(23)13-14(17(22)24)19(9-10-27-3,18(25)26-2)21-15(13)11-5-7-12(20)8-6-11/h5-8,13-15,21H,4,9-10H2,1-3H3/p+1/t13-,14+,15+,19-/m1/s1. The highest BCUT2D eigenvalue weighted by Crippen LogP contribution is 2.45. The lowest BCUT2D eigenvalue weighted by Gasteiger charge is -2.29. The zero-order chi connectivity index (χ0) is 19.8. The molecule has 0 unspecified atom stereocenters. The van der Waals surface area contributed by atoms with Gasteiger partial charge in [0.15, 0.2) is 0 Å². The van der Waals surface area contributed by atoms with Crippen LogP contribution in [0.1, 0.15) is 24.9 Å². The number of quaternary nitrogens is 1. The number of carbonyl (C=O) groups is 3. The second-order valence-electron chi connectivity index (χ2n) is 6.94. The number of thioether (sulfide) groups is 1. The number of amides is 2. The number of hydrogen-bond donors (Lipinski definition) is 1. The number of nitrogens with two attached hydrogens (primary N) is 1. The number of ether oxygens (including phenoxy) is 1. The normalized spacial score (nSPS) is 29.9. The average molecular weight is 395 g/mol. The van der Waals surface area contributed by atoms with E-state index in [2.05, 4.69) is 0 Å². The highest BCUT2D eigenvalue weighted by molar-refractivity contribution is 7.98. The average Bonchev–Trinajstić information content (AvgIpc) is 3.14. The van der Waals surface area contributed by atoms with E-state index in [0.29, 0.717) is 12.2 Å². The van der Waals surface area contributed by atoms with Crippen molar-refractivity contribution in [3.05, 3.63) is 35.6 Å². The van der Waals surface area contributed by atoms with E-state index in [0.717, 1.165) is 5.56 Å². The van der Waals surface area contributed by atoms with Crippen LogP contribution in [0, 0.1) is 17.7 Å². The first-order valence-corrected chi connectivity index (χ1v) is 10.3. The highest BCUT2D eigenvalue weighted by atomic mass is 32.2. The molecular formula is C19H24FN2O4S+. The summed E-state index contributed by atoms with van der Waals surface area (Å²) >= 11 is 1.57. The van der Waals surface area contributed by atoms with Gasteiger partial charge in [-0.05, 0) is 31.1 Å². The minimum atomic E-state index is -1.15. The lowest BCUT2D eigenvalue weighted by atomic mass is 9.78. The van der Waals surface area contributed by atoms with E-state index in [9.17, 15) is 18.8 Å². The van der Waals surface area contributed by atoms with Gasteiger partial charge < -0.3 is 10.1 Å². The van der Waals surface area contributed by atoms with Crippen molar-refractivity contribution in [1.29, 1.82) is 0 Å². The number of rotatable bonds is 6. The van der Waals surface area contributed by atoms with Crippen molar-refractivity contribution in [3.8, 4) is 0 Å². The van der Waals surface area contributed by atoms with Crippen LogP contribution in [0.15, 0.2) is 24.3 Å². The van der Waals surface area contributed by atoms with Gasteiger partial charge in [-0.2, -0.15) is 11.8 Å².